The normalized spacial score (nSPS) is 16.9. The van der Waals surface area contributed by atoms with Gasteiger partial charge in [0.15, 0.2) is 0 Å². The van der Waals surface area contributed by atoms with Crippen molar-refractivity contribution < 1.29 is 8.63 Å². The summed E-state index contributed by atoms with van der Waals surface area (Å²) in [7, 11) is -0.715. The average molecular weight is 243 g/mol. The molecule has 1 aromatic rings. The summed E-state index contributed by atoms with van der Waals surface area (Å²) in [4.78, 5) is 0. The van der Waals surface area contributed by atoms with E-state index in [1.165, 1.54) is 0 Å². The van der Waals surface area contributed by atoms with Gasteiger partial charge in [-0.2, -0.15) is 0 Å². The van der Waals surface area contributed by atoms with Gasteiger partial charge < -0.3 is 9.73 Å². The van der Waals surface area contributed by atoms with Gasteiger partial charge >= 0.3 is 0 Å². The van der Waals surface area contributed by atoms with Crippen LogP contribution in [0, 0.1) is 0 Å². The van der Waals surface area contributed by atoms with E-state index in [0.29, 0.717) is 6.04 Å². The van der Waals surface area contributed by atoms with Gasteiger partial charge in [0.2, 0.25) is 0 Å². The van der Waals surface area contributed by atoms with E-state index in [4.69, 9.17) is 4.42 Å². The molecule has 0 bridgehead atoms. The summed E-state index contributed by atoms with van der Waals surface area (Å²) in [5.41, 5.74) is 0. The Morgan fingerprint density at radius 2 is 2.25 bits per heavy atom. The third kappa shape index (κ3) is 4.94. The molecule has 0 amide bonds. The zero-order valence-corrected chi connectivity index (χ0v) is 11.0. The van der Waals surface area contributed by atoms with E-state index in [0.717, 1.165) is 25.1 Å². The van der Waals surface area contributed by atoms with Gasteiger partial charge in [-0.05, 0) is 32.0 Å². The van der Waals surface area contributed by atoms with Crippen LogP contribution in [0.5, 0.6) is 0 Å². The first-order valence-electron chi connectivity index (χ1n) is 5.67. The Bertz CT molecular complexity index is 311. The molecule has 0 saturated carbocycles. The van der Waals surface area contributed by atoms with E-state index in [2.05, 4.69) is 12.2 Å². The molecule has 4 heteroatoms. The molecule has 0 radical (unpaired) electrons. The fraction of sp³-hybridized carbons (Fsp3) is 0.667. The molecular weight excluding hydrogens is 222 g/mol. The van der Waals surface area contributed by atoms with Crippen LogP contribution in [0.3, 0.4) is 0 Å². The molecule has 3 unspecified atom stereocenters. The van der Waals surface area contributed by atoms with Crippen molar-refractivity contribution in [3.8, 4) is 0 Å². The van der Waals surface area contributed by atoms with Gasteiger partial charge in [0.25, 0.3) is 0 Å². The van der Waals surface area contributed by atoms with Gasteiger partial charge in [-0.15, -0.1) is 0 Å². The molecule has 0 aromatic carbocycles. The minimum absolute atomic E-state index is 0.267. The van der Waals surface area contributed by atoms with Crippen LogP contribution in [-0.2, 0) is 17.2 Å². The van der Waals surface area contributed by atoms with Gasteiger partial charge in [0.05, 0.1) is 6.26 Å². The fourth-order valence-electron chi connectivity index (χ4n) is 1.50. The number of nitrogens with one attached hydrogen (secondary N) is 1. The quantitative estimate of drug-likeness (QED) is 0.796. The Hall–Kier alpha value is -0.610. The highest BCUT2D eigenvalue weighted by atomic mass is 32.2. The molecule has 3 atom stereocenters. The molecule has 3 nitrogen and oxygen atoms in total. The van der Waals surface area contributed by atoms with Crippen LogP contribution in [0.2, 0.25) is 0 Å². The van der Waals surface area contributed by atoms with Crippen molar-refractivity contribution in [2.75, 3.05) is 12.8 Å². The molecule has 16 heavy (non-hydrogen) atoms. The third-order valence-electron chi connectivity index (χ3n) is 2.70. The molecule has 1 heterocycles. The van der Waals surface area contributed by atoms with Gasteiger partial charge in [-0.25, -0.2) is 0 Å². The second-order valence-corrected chi connectivity index (χ2v) is 6.04. The summed E-state index contributed by atoms with van der Waals surface area (Å²) in [5.74, 6) is 1.01. The van der Waals surface area contributed by atoms with Crippen molar-refractivity contribution in [1.29, 1.82) is 0 Å². The van der Waals surface area contributed by atoms with E-state index in [9.17, 15) is 4.21 Å². The first-order valence-corrected chi connectivity index (χ1v) is 7.29. The highest BCUT2D eigenvalue weighted by Gasteiger charge is 2.08. The number of rotatable bonds is 7. The average Bonchev–Trinajstić information content (AvgIpc) is 2.70. The van der Waals surface area contributed by atoms with Crippen molar-refractivity contribution in [3.05, 3.63) is 24.2 Å². The van der Waals surface area contributed by atoms with E-state index in [1.54, 1.807) is 12.5 Å². The highest BCUT2D eigenvalue weighted by molar-refractivity contribution is 7.84. The first kappa shape index (κ1) is 13.5. The Morgan fingerprint density at radius 1 is 1.50 bits per heavy atom. The molecule has 0 aliphatic rings. The summed E-state index contributed by atoms with van der Waals surface area (Å²) in [5, 5.41) is 3.68. The van der Waals surface area contributed by atoms with Crippen LogP contribution in [0.15, 0.2) is 22.8 Å². The Labute approximate surface area is 100 Å². The zero-order valence-electron chi connectivity index (χ0n) is 10.2. The van der Waals surface area contributed by atoms with Crippen molar-refractivity contribution in [2.24, 2.45) is 0 Å². The van der Waals surface area contributed by atoms with Crippen molar-refractivity contribution in [3.63, 3.8) is 0 Å². The number of hydrogen-bond acceptors (Lipinski definition) is 3. The molecule has 1 N–H and O–H groups in total. The minimum Gasteiger partial charge on any atom is -0.469 e. The van der Waals surface area contributed by atoms with Crippen LogP contribution in [-0.4, -0.2) is 28.3 Å². The Morgan fingerprint density at radius 3 is 2.81 bits per heavy atom. The molecular formula is C12H21NO2S. The molecule has 1 rings (SSSR count). The summed E-state index contributed by atoms with van der Waals surface area (Å²) in [6, 6.07) is 4.29. The smallest absolute Gasteiger partial charge is 0.105 e. The second kappa shape index (κ2) is 6.86. The molecule has 0 fully saturated rings. The molecule has 0 aliphatic heterocycles. The van der Waals surface area contributed by atoms with Crippen LogP contribution < -0.4 is 5.32 Å². The van der Waals surface area contributed by atoms with E-state index >= 15 is 0 Å². The van der Waals surface area contributed by atoms with E-state index < -0.39 is 10.8 Å². The third-order valence-corrected chi connectivity index (χ3v) is 4.07. The molecule has 0 spiro atoms. The van der Waals surface area contributed by atoms with Crippen LogP contribution in [0.1, 0.15) is 26.0 Å². The molecule has 0 saturated heterocycles. The van der Waals surface area contributed by atoms with E-state index in [1.807, 2.05) is 19.1 Å². The minimum atomic E-state index is -0.715. The lowest BCUT2D eigenvalue weighted by molar-refractivity contribution is 0.454. The monoisotopic (exact) mass is 243 g/mol. The van der Waals surface area contributed by atoms with Crippen molar-refractivity contribution in [1.82, 2.24) is 5.32 Å². The van der Waals surface area contributed by atoms with Gasteiger partial charge in [-0.1, -0.05) is 6.92 Å². The van der Waals surface area contributed by atoms with Gasteiger partial charge in [0.1, 0.15) is 5.76 Å². The summed E-state index contributed by atoms with van der Waals surface area (Å²) in [6.07, 6.45) is 5.31. The predicted octanol–water partition coefficient (Wildman–Crippen LogP) is 1.96. The lowest BCUT2D eigenvalue weighted by Crippen LogP contribution is -2.31. The predicted molar refractivity (Wildman–Crippen MR) is 68.0 cm³/mol. The maximum Gasteiger partial charge on any atom is 0.105 e. The molecule has 92 valence electrons. The van der Waals surface area contributed by atoms with Gasteiger partial charge in [-0.3, -0.25) is 4.21 Å². The summed E-state index contributed by atoms with van der Waals surface area (Å²) in [6.45, 7) is 5.06. The number of hydrogen-bond donors (Lipinski definition) is 1. The van der Waals surface area contributed by atoms with Crippen molar-refractivity contribution >= 4 is 10.8 Å². The highest BCUT2D eigenvalue weighted by Crippen LogP contribution is 2.04. The van der Waals surface area contributed by atoms with Gasteiger partial charge in [0, 0.05) is 34.8 Å². The van der Waals surface area contributed by atoms with Crippen LogP contribution in [0.25, 0.3) is 0 Å². The first-order chi connectivity index (χ1) is 7.59. The Kier molecular flexibility index (Phi) is 5.77. The van der Waals surface area contributed by atoms with Crippen LogP contribution >= 0.6 is 0 Å². The lowest BCUT2D eigenvalue weighted by atomic mass is 10.2. The maximum atomic E-state index is 11.1. The van der Waals surface area contributed by atoms with E-state index in [-0.39, 0.29) is 5.25 Å². The lowest BCUT2D eigenvalue weighted by Gasteiger charge is -2.14. The molecule has 1 aromatic heterocycles. The Balaban J connectivity index is 2.15. The zero-order chi connectivity index (χ0) is 12.0. The van der Waals surface area contributed by atoms with Crippen LogP contribution in [0.4, 0.5) is 0 Å². The fourth-order valence-corrected chi connectivity index (χ4v) is 1.95. The summed E-state index contributed by atoms with van der Waals surface area (Å²) >= 11 is 0. The maximum absolute atomic E-state index is 11.1. The number of furan rings is 1. The SMILES string of the molecule is CC(Cc1ccco1)NCCC(C)S(C)=O. The second-order valence-electron chi connectivity index (χ2n) is 4.24. The van der Waals surface area contributed by atoms with Crippen molar-refractivity contribution in [2.45, 2.75) is 38.0 Å². The topological polar surface area (TPSA) is 42.2 Å². The standard InChI is InChI=1S/C12H21NO2S/c1-10(9-12-5-4-8-15-12)13-7-6-11(2)16(3)14/h4-5,8,10-11,13H,6-7,9H2,1-3H3. The summed E-state index contributed by atoms with van der Waals surface area (Å²) < 4.78 is 16.4. The molecule has 0 aliphatic carbocycles. The largest absolute Gasteiger partial charge is 0.469 e.